The fourth-order valence-corrected chi connectivity index (χ4v) is 2.68. The van der Waals surface area contributed by atoms with Crippen LogP contribution in [0.15, 0.2) is 24.3 Å². The van der Waals surface area contributed by atoms with Crippen LogP contribution in [0.5, 0.6) is 0 Å². The molecule has 0 bridgehead atoms. The highest BCUT2D eigenvalue weighted by atomic mass is 19.1. The predicted octanol–water partition coefficient (Wildman–Crippen LogP) is 4.24. The highest BCUT2D eigenvalue weighted by molar-refractivity contribution is 5.23. The lowest BCUT2D eigenvalue weighted by Crippen LogP contribution is -2.40. The molecule has 1 N–H and O–H groups in total. The van der Waals surface area contributed by atoms with E-state index >= 15 is 0 Å². The smallest absolute Gasteiger partial charge is 0.123 e. The molecule has 0 aromatic heterocycles. The average Bonchev–Trinajstić information content (AvgIpc) is 2.31. The quantitative estimate of drug-likeness (QED) is 0.713. The van der Waals surface area contributed by atoms with E-state index in [1.807, 2.05) is 12.1 Å². The molecular weight excluding hydrogens is 225 g/mol. The number of nitrogens with one attached hydrogen (secondary N) is 1. The van der Waals surface area contributed by atoms with Gasteiger partial charge in [0.2, 0.25) is 0 Å². The minimum absolute atomic E-state index is 0.108. The second-order valence-electron chi connectivity index (χ2n) is 5.44. The molecule has 100 valence electrons. The fourth-order valence-electron chi connectivity index (χ4n) is 2.68. The van der Waals surface area contributed by atoms with Gasteiger partial charge >= 0.3 is 0 Å². The van der Waals surface area contributed by atoms with E-state index in [-0.39, 0.29) is 5.82 Å². The van der Waals surface area contributed by atoms with Gasteiger partial charge in [-0.2, -0.15) is 0 Å². The normalized spacial score (nSPS) is 22.8. The SMILES string of the molecule is CCCCCCNC1CC(c2cccc(F)c2)C1. The van der Waals surface area contributed by atoms with E-state index in [1.54, 1.807) is 6.07 Å². The maximum absolute atomic E-state index is 13.1. The summed E-state index contributed by atoms with van der Waals surface area (Å²) in [6, 6.07) is 7.72. The van der Waals surface area contributed by atoms with Crippen molar-refractivity contribution >= 4 is 0 Å². The first-order chi connectivity index (χ1) is 8.79. The Morgan fingerprint density at radius 2 is 2.06 bits per heavy atom. The molecule has 0 aliphatic heterocycles. The molecule has 0 radical (unpaired) electrons. The molecule has 0 saturated heterocycles. The summed E-state index contributed by atoms with van der Waals surface area (Å²) in [5.74, 6) is 0.456. The molecular formula is C16H24FN. The molecule has 0 heterocycles. The molecule has 0 atom stereocenters. The standard InChI is InChI=1S/C16H24FN/c1-2-3-4-5-9-18-16-11-14(12-16)13-7-6-8-15(17)10-13/h6-8,10,14,16,18H,2-5,9,11-12H2,1H3. The van der Waals surface area contributed by atoms with Crippen LogP contribution in [0.3, 0.4) is 0 Å². The van der Waals surface area contributed by atoms with Crippen molar-refractivity contribution in [3.8, 4) is 0 Å². The van der Waals surface area contributed by atoms with Crippen LogP contribution in [-0.2, 0) is 0 Å². The van der Waals surface area contributed by atoms with E-state index in [0.29, 0.717) is 12.0 Å². The van der Waals surface area contributed by atoms with Crippen LogP contribution in [0.2, 0.25) is 0 Å². The monoisotopic (exact) mass is 249 g/mol. The Morgan fingerprint density at radius 3 is 2.78 bits per heavy atom. The third-order valence-electron chi connectivity index (χ3n) is 3.92. The molecule has 0 spiro atoms. The highest BCUT2D eigenvalue weighted by Crippen LogP contribution is 2.36. The van der Waals surface area contributed by atoms with E-state index < -0.39 is 0 Å². The van der Waals surface area contributed by atoms with Gasteiger partial charge in [0.25, 0.3) is 0 Å². The van der Waals surface area contributed by atoms with Crippen LogP contribution in [0.4, 0.5) is 4.39 Å². The van der Waals surface area contributed by atoms with E-state index in [0.717, 1.165) is 19.4 Å². The Labute approximate surface area is 110 Å². The van der Waals surface area contributed by atoms with Crippen molar-refractivity contribution in [2.45, 2.75) is 57.4 Å². The van der Waals surface area contributed by atoms with E-state index in [4.69, 9.17) is 0 Å². The zero-order chi connectivity index (χ0) is 12.8. The zero-order valence-electron chi connectivity index (χ0n) is 11.3. The molecule has 1 aromatic rings. The van der Waals surface area contributed by atoms with Crippen molar-refractivity contribution in [1.82, 2.24) is 5.32 Å². The minimum Gasteiger partial charge on any atom is -0.314 e. The lowest BCUT2D eigenvalue weighted by atomic mass is 9.76. The van der Waals surface area contributed by atoms with Gasteiger partial charge in [-0.3, -0.25) is 0 Å². The van der Waals surface area contributed by atoms with Crippen molar-refractivity contribution in [2.75, 3.05) is 6.54 Å². The van der Waals surface area contributed by atoms with Crippen molar-refractivity contribution in [2.24, 2.45) is 0 Å². The number of rotatable bonds is 7. The summed E-state index contributed by atoms with van der Waals surface area (Å²) in [4.78, 5) is 0. The molecule has 1 nitrogen and oxygen atoms in total. The van der Waals surface area contributed by atoms with Gasteiger partial charge in [-0.1, -0.05) is 38.3 Å². The first-order valence-electron chi connectivity index (χ1n) is 7.28. The largest absolute Gasteiger partial charge is 0.314 e. The lowest BCUT2D eigenvalue weighted by molar-refractivity contribution is 0.289. The molecule has 1 aliphatic carbocycles. The third kappa shape index (κ3) is 3.81. The molecule has 0 unspecified atom stereocenters. The second kappa shape index (κ2) is 6.89. The predicted molar refractivity (Wildman–Crippen MR) is 74.3 cm³/mol. The molecule has 1 aromatic carbocycles. The highest BCUT2D eigenvalue weighted by Gasteiger charge is 2.29. The summed E-state index contributed by atoms with van der Waals surface area (Å²) in [6.07, 6.45) is 7.59. The summed E-state index contributed by atoms with van der Waals surface area (Å²) in [5.41, 5.74) is 1.17. The number of hydrogen-bond acceptors (Lipinski definition) is 1. The van der Waals surface area contributed by atoms with E-state index in [9.17, 15) is 4.39 Å². The lowest BCUT2D eigenvalue weighted by Gasteiger charge is -2.36. The topological polar surface area (TPSA) is 12.0 Å². The fraction of sp³-hybridized carbons (Fsp3) is 0.625. The third-order valence-corrected chi connectivity index (χ3v) is 3.92. The summed E-state index contributed by atoms with van der Waals surface area (Å²) in [5, 5.41) is 3.60. The van der Waals surface area contributed by atoms with Gasteiger partial charge < -0.3 is 5.32 Å². The van der Waals surface area contributed by atoms with Crippen molar-refractivity contribution in [3.63, 3.8) is 0 Å². The summed E-state index contributed by atoms with van der Waals surface area (Å²) in [6.45, 7) is 3.38. The maximum atomic E-state index is 13.1. The molecule has 2 rings (SSSR count). The van der Waals surface area contributed by atoms with Crippen LogP contribution in [0, 0.1) is 5.82 Å². The van der Waals surface area contributed by atoms with Gasteiger partial charge in [0, 0.05) is 6.04 Å². The van der Waals surface area contributed by atoms with Crippen LogP contribution in [-0.4, -0.2) is 12.6 Å². The van der Waals surface area contributed by atoms with Gasteiger partial charge in [-0.15, -0.1) is 0 Å². The number of hydrogen-bond donors (Lipinski definition) is 1. The first-order valence-corrected chi connectivity index (χ1v) is 7.28. The molecule has 2 heteroatoms. The van der Waals surface area contributed by atoms with Crippen molar-refractivity contribution in [1.29, 1.82) is 0 Å². The van der Waals surface area contributed by atoms with Gasteiger partial charge in [0.1, 0.15) is 5.82 Å². The van der Waals surface area contributed by atoms with Crippen molar-refractivity contribution in [3.05, 3.63) is 35.6 Å². The second-order valence-corrected chi connectivity index (χ2v) is 5.44. The Morgan fingerprint density at radius 1 is 1.22 bits per heavy atom. The minimum atomic E-state index is -0.108. The first kappa shape index (κ1) is 13.5. The molecule has 0 amide bonds. The zero-order valence-corrected chi connectivity index (χ0v) is 11.3. The molecule has 18 heavy (non-hydrogen) atoms. The number of unbranched alkanes of at least 4 members (excludes halogenated alkanes) is 3. The summed E-state index contributed by atoms with van der Waals surface area (Å²) >= 11 is 0. The van der Waals surface area contributed by atoms with Gasteiger partial charge in [0.15, 0.2) is 0 Å². The molecule has 1 fully saturated rings. The molecule has 1 saturated carbocycles. The van der Waals surface area contributed by atoms with E-state index in [1.165, 1.54) is 37.3 Å². The Kier molecular flexibility index (Phi) is 5.18. The van der Waals surface area contributed by atoms with Crippen LogP contribution in [0.1, 0.15) is 56.9 Å². The van der Waals surface area contributed by atoms with Gasteiger partial charge in [0.05, 0.1) is 0 Å². The summed E-state index contributed by atoms with van der Waals surface area (Å²) in [7, 11) is 0. The maximum Gasteiger partial charge on any atom is 0.123 e. The average molecular weight is 249 g/mol. The Balaban J connectivity index is 1.62. The van der Waals surface area contributed by atoms with Crippen LogP contribution < -0.4 is 5.32 Å². The number of halogens is 1. The summed E-state index contributed by atoms with van der Waals surface area (Å²) < 4.78 is 13.1. The van der Waals surface area contributed by atoms with Gasteiger partial charge in [-0.25, -0.2) is 4.39 Å². The van der Waals surface area contributed by atoms with E-state index in [2.05, 4.69) is 12.2 Å². The van der Waals surface area contributed by atoms with Crippen LogP contribution >= 0.6 is 0 Å². The Bertz CT molecular complexity index is 358. The van der Waals surface area contributed by atoms with Crippen LogP contribution in [0.25, 0.3) is 0 Å². The van der Waals surface area contributed by atoms with Crippen molar-refractivity contribution < 1.29 is 4.39 Å². The Hall–Kier alpha value is -0.890. The van der Waals surface area contributed by atoms with Gasteiger partial charge in [-0.05, 0) is 49.4 Å². The molecule has 1 aliphatic rings. The number of benzene rings is 1.